The Bertz CT molecular complexity index is 881. The van der Waals surface area contributed by atoms with Crippen LogP contribution in [0.1, 0.15) is 41.0 Å². The zero-order valence-corrected chi connectivity index (χ0v) is 16.6. The first-order valence-corrected chi connectivity index (χ1v) is 10.3. The molecular formula is C22H28BN3O3. The first-order valence-electron chi connectivity index (χ1n) is 10.3. The summed E-state index contributed by atoms with van der Waals surface area (Å²) < 4.78 is 0. The van der Waals surface area contributed by atoms with Gasteiger partial charge in [0, 0.05) is 26.2 Å². The van der Waals surface area contributed by atoms with E-state index in [1.165, 1.54) is 5.56 Å². The van der Waals surface area contributed by atoms with Crippen LogP contribution >= 0.6 is 0 Å². The van der Waals surface area contributed by atoms with Crippen LogP contribution in [0.3, 0.4) is 0 Å². The van der Waals surface area contributed by atoms with Gasteiger partial charge in [-0.1, -0.05) is 42.5 Å². The molecule has 0 radical (unpaired) electrons. The molecule has 2 aliphatic heterocycles. The van der Waals surface area contributed by atoms with E-state index < -0.39 is 7.12 Å². The summed E-state index contributed by atoms with van der Waals surface area (Å²) in [5.41, 5.74) is 10.9. The second kappa shape index (κ2) is 8.67. The van der Waals surface area contributed by atoms with Gasteiger partial charge < -0.3 is 26.0 Å². The van der Waals surface area contributed by atoms with E-state index in [1.807, 2.05) is 11.0 Å². The number of nitrogens with zero attached hydrogens (tertiary/aromatic N) is 1. The molecule has 2 aromatic rings. The summed E-state index contributed by atoms with van der Waals surface area (Å²) in [4.78, 5) is 15.0. The van der Waals surface area contributed by atoms with E-state index in [9.17, 15) is 14.8 Å². The molecule has 1 atom stereocenters. The summed E-state index contributed by atoms with van der Waals surface area (Å²) in [7, 11) is -1.47. The standard InChI is InChI=1S/C22H28BN3O3/c24-13-15-2-1-3-17(10-15)16-6-8-26(9-7-16)22(27)21-12-18-4-5-20(23(28)29)11-19(18)14-25-21/h1-5,10-11,16,21,25,28-29H,6-9,12-14,24H2. The fourth-order valence-corrected chi connectivity index (χ4v) is 4.50. The van der Waals surface area contributed by atoms with E-state index >= 15 is 0 Å². The molecule has 152 valence electrons. The molecule has 0 aliphatic carbocycles. The van der Waals surface area contributed by atoms with Gasteiger partial charge in [-0.3, -0.25) is 4.79 Å². The van der Waals surface area contributed by atoms with Crippen LogP contribution in [0.5, 0.6) is 0 Å². The molecule has 2 aromatic carbocycles. The third-order valence-corrected chi connectivity index (χ3v) is 6.25. The number of benzene rings is 2. The molecule has 0 saturated carbocycles. The van der Waals surface area contributed by atoms with Gasteiger partial charge in [0.2, 0.25) is 5.91 Å². The van der Waals surface area contributed by atoms with Crippen molar-refractivity contribution in [3.05, 3.63) is 64.7 Å². The lowest BCUT2D eigenvalue weighted by atomic mass is 9.78. The number of fused-ring (bicyclic) bond motifs is 1. The van der Waals surface area contributed by atoms with E-state index in [4.69, 9.17) is 5.73 Å². The van der Waals surface area contributed by atoms with Gasteiger partial charge in [-0.05, 0) is 52.9 Å². The third-order valence-electron chi connectivity index (χ3n) is 6.25. The van der Waals surface area contributed by atoms with Crippen molar-refractivity contribution < 1.29 is 14.8 Å². The van der Waals surface area contributed by atoms with Gasteiger partial charge in [0.15, 0.2) is 0 Å². The number of nitrogens with two attached hydrogens (primary N) is 1. The number of likely N-dealkylation sites (tertiary alicyclic amines) is 1. The smallest absolute Gasteiger partial charge is 0.423 e. The Hall–Kier alpha value is -2.19. The molecule has 29 heavy (non-hydrogen) atoms. The highest BCUT2D eigenvalue weighted by atomic mass is 16.4. The topological polar surface area (TPSA) is 98.8 Å². The van der Waals surface area contributed by atoms with Crippen LogP contribution in [0, 0.1) is 0 Å². The quantitative estimate of drug-likeness (QED) is 0.558. The molecule has 1 fully saturated rings. The zero-order chi connectivity index (χ0) is 20.4. The molecule has 1 saturated heterocycles. The normalized spacial score (nSPS) is 19.7. The lowest BCUT2D eigenvalue weighted by Crippen LogP contribution is -2.51. The van der Waals surface area contributed by atoms with Crippen molar-refractivity contribution in [3.8, 4) is 0 Å². The molecular weight excluding hydrogens is 365 g/mol. The third kappa shape index (κ3) is 4.38. The first-order chi connectivity index (χ1) is 14.0. The van der Waals surface area contributed by atoms with Gasteiger partial charge in [-0.15, -0.1) is 0 Å². The van der Waals surface area contributed by atoms with Gasteiger partial charge in [-0.25, -0.2) is 0 Å². The maximum Gasteiger partial charge on any atom is 0.488 e. The van der Waals surface area contributed by atoms with E-state index in [0.717, 1.165) is 42.6 Å². The summed E-state index contributed by atoms with van der Waals surface area (Å²) in [6.45, 7) is 2.67. The molecule has 0 spiro atoms. The molecule has 4 rings (SSSR count). The van der Waals surface area contributed by atoms with Crippen LogP contribution in [-0.4, -0.2) is 47.1 Å². The summed E-state index contributed by atoms with van der Waals surface area (Å²) >= 11 is 0. The molecule has 0 aromatic heterocycles. The van der Waals surface area contributed by atoms with Gasteiger partial charge in [0.1, 0.15) is 0 Å². The van der Waals surface area contributed by atoms with Gasteiger partial charge >= 0.3 is 7.12 Å². The average Bonchev–Trinajstić information content (AvgIpc) is 2.78. The van der Waals surface area contributed by atoms with Crippen LogP contribution in [0.15, 0.2) is 42.5 Å². The molecule has 5 N–H and O–H groups in total. The van der Waals surface area contributed by atoms with Crippen LogP contribution in [0.25, 0.3) is 0 Å². The van der Waals surface area contributed by atoms with Crippen molar-refractivity contribution in [2.75, 3.05) is 13.1 Å². The van der Waals surface area contributed by atoms with Crippen molar-refractivity contribution >= 4 is 18.5 Å². The average molecular weight is 393 g/mol. The number of amides is 1. The van der Waals surface area contributed by atoms with Crippen LogP contribution in [-0.2, 0) is 24.3 Å². The zero-order valence-electron chi connectivity index (χ0n) is 16.6. The van der Waals surface area contributed by atoms with E-state index in [1.54, 1.807) is 12.1 Å². The van der Waals surface area contributed by atoms with Crippen molar-refractivity contribution in [2.45, 2.75) is 44.3 Å². The summed E-state index contributed by atoms with van der Waals surface area (Å²) in [6.07, 6.45) is 2.58. The van der Waals surface area contributed by atoms with E-state index in [0.29, 0.717) is 30.9 Å². The van der Waals surface area contributed by atoms with Crippen molar-refractivity contribution in [3.63, 3.8) is 0 Å². The van der Waals surface area contributed by atoms with Gasteiger partial charge in [-0.2, -0.15) is 0 Å². The summed E-state index contributed by atoms with van der Waals surface area (Å²) in [6, 6.07) is 13.7. The van der Waals surface area contributed by atoms with Crippen LogP contribution in [0.2, 0.25) is 0 Å². The maximum atomic E-state index is 13.0. The Morgan fingerprint density at radius 3 is 2.66 bits per heavy atom. The second-order valence-corrected chi connectivity index (χ2v) is 8.09. The molecule has 1 amide bonds. The molecule has 2 heterocycles. The Balaban J connectivity index is 1.36. The number of piperidine rings is 1. The Morgan fingerprint density at radius 2 is 1.93 bits per heavy atom. The number of hydrogen-bond acceptors (Lipinski definition) is 5. The van der Waals surface area contributed by atoms with Gasteiger partial charge in [0.05, 0.1) is 6.04 Å². The minimum Gasteiger partial charge on any atom is -0.423 e. The Morgan fingerprint density at radius 1 is 1.14 bits per heavy atom. The minimum absolute atomic E-state index is 0.163. The lowest BCUT2D eigenvalue weighted by molar-refractivity contribution is -0.134. The van der Waals surface area contributed by atoms with Crippen LogP contribution < -0.4 is 16.5 Å². The number of carbonyl (C=O) groups is 1. The molecule has 7 heteroatoms. The predicted octanol–water partition coefficient (Wildman–Crippen LogP) is 0.246. The Kier molecular flexibility index (Phi) is 6.01. The fraction of sp³-hybridized carbons (Fsp3) is 0.409. The SMILES string of the molecule is NCc1cccc(C2CCN(C(=O)C3Cc4ccc(B(O)O)cc4CN3)CC2)c1. The summed E-state index contributed by atoms with van der Waals surface area (Å²) in [5.74, 6) is 0.644. The lowest BCUT2D eigenvalue weighted by Gasteiger charge is -2.36. The van der Waals surface area contributed by atoms with Gasteiger partial charge in [0.25, 0.3) is 0 Å². The van der Waals surface area contributed by atoms with Crippen molar-refractivity contribution in [2.24, 2.45) is 5.73 Å². The number of nitrogens with one attached hydrogen (secondary N) is 1. The second-order valence-electron chi connectivity index (χ2n) is 8.09. The minimum atomic E-state index is -1.47. The number of hydrogen-bond donors (Lipinski definition) is 4. The molecule has 6 nitrogen and oxygen atoms in total. The van der Waals surface area contributed by atoms with Crippen LogP contribution in [0.4, 0.5) is 0 Å². The molecule has 2 aliphatic rings. The summed E-state index contributed by atoms with van der Waals surface area (Å²) in [5, 5.41) is 22.0. The van der Waals surface area contributed by atoms with Crippen molar-refractivity contribution in [1.82, 2.24) is 10.2 Å². The fourth-order valence-electron chi connectivity index (χ4n) is 4.50. The number of carbonyl (C=O) groups excluding carboxylic acids is 1. The highest BCUT2D eigenvalue weighted by molar-refractivity contribution is 6.58. The number of rotatable bonds is 4. The highest BCUT2D eigenvalue weighted by Gasteiger charge is 2.31. The predicted molar refractivity (Wildman–Crippen MR) is 113 cm³/mol. The largest absolute Gasteiger partial charge is 0.488 e. The van der Waals surface area contributed by atoms with Crippen molar-refractivity contribution in [1.29, 1.82) is 0 Å². The van der Waals surface area contributed by atoms with E-state index in [-0.39, 0.29) is 11.9 Å². The molecule has 0 bridgehead atoms. The molecule has 1 unspecified atom stereocenters. The Labute approximate surface area is 171 Å². The maximum absolute atomic E-state index is 13.0. The first kappa shape index (κ1) is 20.1. The van der Waals surface area contributed by atoms with E-state index in [2.05, 4.69) is 29.6 Å². The monoisotopic (exact) mass is 393 g/mol. The highest BCUT2D eigenvalue weighted by Crippen LogP contribution is 2.29.